The molecule has 6 nitrogen and oxygen atoms in total. The lowest BCUT2D eigenvalue weighted by atomic mass is 10.2. The molecule has 0 rings (SSSR count). The summed E-state index contributed by atoms with van der Waals surface area (Å²) in [7, 11) is 0. The Balaban J connectivity index is 3.44. The van der Waals surface area contributed by atoms with Gasteiger partial charge in [-0.3, -0.25) is 0 Å². The van der Waals surface area contributed by atoms with Crippen LogP contribution < -0.4 is 5.32 Å². The van der Waals surface area contributed by atoms with Crippen LogP contribution in [0.3, 0.4) is 0 Å². The van der Waals surface area contributed by atoms with Gasteiger partial charge in [0.15, 0.2) is 6.10 Å². The highest BCUT2D eigenvalue weighted by Gasteiger charge is 2.12. The topological polar surface area (TPSA) is 95.9 Å². The van der Waals surface area contributed by atoms with E-state index in [1.807, 2.05) is 0 Å². The van der Waals surface area contributed by atoms with Crippen LogP contribution in [0.1, 0.15) is 13.3 Å². The second-order valence-electron chi connectivity index (χ2n) is 2.29. The van der Waals surface area contributed by atoms with Gasteiger partial charge in [0.1, 0.15) is 0 Å². The number of hydrogen-bond donors (Lipinski definition) is 3. The standard InChI is InChI=1S/C7H13NO5/c1-2-13-7(12)8-4-3-5(9)6(10)11/h5,9H,2-4H2,1H3,(H,8,12)(H,10,11). The van der Waals surface area contributed by atoms with Gasteiger partial charge in [-0.05, 0) is 6.92 Å². The van der Waals surface area contributed by atoms with Gasteiger partial charge in [0, 0.05) is 13.0 Å². The normalized spacial score (nSPS) is 11.8. The largest absolute Gasteiger partial charge is 0.479 e. The van der Waals surface area contributed by atoms with Gasteiger partial charge in [0.25, 0.3) is 0 Å². The minimum atomic E-state index is -1.44. The summed E-state index contributed by atoms with van der Waals surface area (Å²) in [5.41, 5.74) is 0. The molecule has 0 aliphatic rings. The van der Waals surface area contributed by atoms with Gasteiger partial charge in [-0.15, -0.1) is 0 Å². The maximum Gasteiger partial charge on any atom is 0.407 e. The molecule has 0 bridgehead atoms. The number of carbonyl (C=O) groups is 2. The number of ether oxygens (including phenoxy) is 1. The molecule has 0 spiro atoms. The molecule has 1 unspecified atom stereocenters. The summed E-state index contributed by atoms with van der Waals surface area (Å²) >= 11 is 0. The first-order valence-electron chi connectivity index (χ1n) is 3.89. The number of rotatable bonds is 5. The molecule has 0 saturated heterocycles. The molecular formula is C7H13NO5. The van der Waals surface area contributed by atoms with E-state index >= 15 is 0 Å². The Hall–Kier alpha value is -1.30. The molecule has 13 heavy (non-hydrogen) atoms. The third-order valence-corrected chi connectivity index (χ3v) is 1.25. The first-order valence-corrected chi connectivity index (χ1v) is 3.89. The number of hydrogen-bond acceptors (Lipinski definition) is 4. The molecule has 0 radical (unpaired) electrons. The van der Waals surface area contributed by atoms with Crippen LogP contribution in [-0.2, 0) is 9.53 Å². The van der Waals surface area contributed by atoms with Crippen molar-refractivity contribution in [1.82, 2.24) is 5.32 Å². The summed E-state index contributed by atoms with van der Waals surface area (Å²) < 4.78 is 4.51. The monoisotopic (exact) mass is 191 g/mol. The Kier molecular flexibility index (Phi) is 5.62. The molecule has 0 saturated carbocycles. The Morgan fingerprint density at radius 1 is 1.54 bits per heavy atom. The number of aliphatic carboxylic acids is 1. The van der Waals surface area contributed by atoms with E-state index in [0.717, 1.165) is 0 Å². The molecule has 0 aromatic heterocycles. The fourth-order valence-electron chi connectivity index (χ4n) is 0.617. The summed E-state index contributed by atoms with van der Waals surface area (Å²) in [5, 5.41) is 19.3. The van der Waals surface area contributed by atoms with E-state index in [1.54, 1.807) is 6.92 Å². The zero-order valence-electron chi connectivity index (χ0n) is 7.32. The molecule has 0 aliphatic heterocycles. The van der Waals surface area contributed by atoms with Crippen LogP contribution in [-0.4, -0.2) is 41.5 Å². The predicted molar refractivity (Wildman–Crippen MR) is 43.3 cm³/mol. The Labute approximate surface area is 75.5 Å². The van der Waals surface area contributed by atoms with E-state index in [0.29, 0.717) is 0 Å². The van der Waals surface area contributed by atoms with Crippen LogP contribution >= 0.6 is 0 Å². The second-order valence-corrected chi connectivity index (χ2v) is 2.29. The van der Waals surface area contributed by atoms with Crippen LogP contribution in [0.5, 0.6) is 0 Å². The van der Waals surface area contributed by atoms with Crippen LogP contribution in [0.2, 0.25) is 0 Å². The van der Waals surface area contributed by atoms with Gasteiger partial charge in [-0.2, -0.15) is 0 Å². The van der Waals surface area contributed by atoms with Crippen molar-refractivity contribution in [2.45, 2.75) is 19.4 Å². The van der Waals surface area contributed by atoms with Crippen LogP contribution in [0.25, 0.3) is 0 Å². The summed E-state index contributed by atoms with van der Waals surface area (Å²) in [5.74, 6) is -1.30. The van der Waals surface area contributed by atoms with Crippen molar-refractivity contribution in [2.24, 2.45) is 0 Å². The van der Waals surface area contributed by atoms with Gasteiger partial charge < -0.3 is 20.3 Å². The van der Waals surface area contributed by atoms with E-state index in [-0.39, 0.29) is 19.6 Å². The van der Waals surface area contributed by atoms with Crippen molar-refractivity contribution >= 4 is 12.1 Å². The van der Waals surface area contributed by atoms with Crippen molar-refractivity contribution in [2.75, 3.05) is 13.2 Å². The summed E-state index contributed by atoms with van der Waals surface area (Å²) in [6, 6.07) is 0. The third kappa shape index (κ3) is 5.92. The van der Waals surface area contributed by atoms with Crippen molar-refractivity contribution in [3.63, 3.8) is 0 Å². The lowest BCUT2D eigenvalue weighted by Gasteiger charge is -2.06. The first-order chi connectivity index (χ1) is 6.07. The average molecular weight is 191 g/mol. The van der Waals surface area contributed by atoms with Crippen LogP contribution in [0.4, 0.5) is 4.79 Å². The van der Waals surface area contributed by atoms with Gasteiger partial charge in [0.05, 0.1) is 6.61 Å². The predicted octanol–water partition coefficient (Wildman–Crippen LogP) is -0.432. The van der Waals surface area contributed by atoms with E-state index in [1.165, 1.54) is 0 Å². The molecule has 0 heterocycles. The Bertz CT molecular complexity index is 182. The molecule has 76 valence electrons. The minimum absolute atomic E-state index is 0.0336. The SMILES string of the molecule is CCOC(=O)NCCC(O)C(=O)O. The summed E-state index contributed by atoms with van der Waals surface area (Å²) in [6.45, 7) is 1.99. The number of nitrogens with one attached hydrogen (secondary N) is 1. The van der Waals surface area contributed by atoms with Crippen LogP contribution in [0, 0.1) is 0 Å². The number of alkyl carbamates (subject to hydrolysis) is 1. The van der Waals surface area contributed by atoms with Crippen molar-refractivity contribution < 1.29 is 24.5 Å². The van der Waals surface area contributed by atoms with Crippen molar-refractivity contribution in [3.8, 4) is 0 Å². The smallest absolute Gasteiger partial charge is 0.407 e. The third-order valence-electron chi connectivity index (χ3n) is 1.25. The zero-order valence-corrected chi connectivity index (χ0v) is 7.32. The summed E-state index contributed by atoms with van der Waals surface area (Å²) in [6.07, 6.45) is -2.09. The lowest BCUT2D eigenvalue weighted by molar-refractivity contribution is -0.146. The number of carbonyl (C=O) groups excluding carboxylic acids is 1. The number of carboxylic acids is 1. The van der Waals surface area contributed by atoms with Gasteiger partial charge in [0.2, 0.25) is 0 Å². The Morgan fingerprint density at radius 2 is 2.15 bits per heavy atom. The van der Waals surface area contributed by atoms with Crippen molar-refractivity contribution in [3.05, 3.63) is 0 Å². The number of carboxylic acid groups (broad SMARTS) is 1. The van der Waals surface area contributed by atoms with Crippen molar-refractivity contribution in [1.29, 1.82) is 0 Å². The molecule has 0 fully saturated rings. The molecule has 0 aromatic rings. The van der Waals surface area contributed by atoms with E-state index in [4.69, 9.17) is 10.2 Å². The van der Waals surface area contributed by atoms with Gasteiger partial charge >= 0.3 is 12.1 Å². The molecule has 3 N–H and O–H groups in total. The molecule has 1 atom stereocenters. The van der Waals surface area contributed by atoms with E-state index in [2.05, 4.69) is 10.1 Å². The number of aliphatic hydroxyl groups is 1. The highest BCUT2D eigenvalue weighted by molar-refractivity contribution is 5.72. The molecule has 0 aromatic carbocycles. The first kappa shape index (κ1) is 11.7. The van der Waals surface area contributed by atoms with E-state index < -0.39 is 18.2 Å². The fraction of sp³-hybridized carbons (Fsp3) is 0.714. The summed E-state index contributed by atoms with van der Waals surface area (Å²) in [4.78, 5) is 20.7. The maximum absolute atomic E-state index is 10.6. The zero-order chi connectivity index (χ0) is 10.3. The van der Waals surface area contributed by atoms with Gasteiger partial charge in [-0.25, -0.2) is 9.59 Å². The second kappa shape index (κ2) is 6.24. The lowest BCUT2D eigenvalue weighted by Crippen LogP contribution is -2.30. The molecule has 6 heteroatoms. The van der Waals surface area contributed by atoms with E-state index in [9.17, 15) is 9.59 Å². The van der Waals surface area contributed by atoms with Crippen LogP contribution in [0.15, 0.2) is 0 Å². The minimum Gasteiger partial charge on any atom is -0.479 e. The number of aliphatic hydroxyl groups excluding tert-OH is 1. The molecular weight excluding hydrogens is 178 g/mol. The maximum atomic E-state index is 10.6. The highest BCUT2D eigenvalue weighted by Crippen LogP contribution is 1.89. The average Bonchev–Trinajstić information content (AvgIpc) is 2.04. The quantitative estimate of drug-likeness (QED) is 0.548. The Morgan fingerprint density at radius 3 is 2.62 bits per heavy atom. The fourth-order valence-corrected chi connectivity index (χ4v) is 0.617. The molecule has 1 amide bonds. The number of amides is 1. The van der Waals surface area contributed by atoms with Gasteiger partial charge in [-0.1, -0.05) is 0 Å². The molecule has 0 aliphatic carbocycles. The highest BCUT2D eigenvalue weighted by atomic mass is 16.5.